The lowest BCUT2D eigenvalue weighted by atomic mass is 10.0. The molecule has 2 aromatic carbocycles. The molecule has 1 N–H and O–H groups in total. The van der Waals surface area contributed by atoms with Crippen molar-refractivity contribution in [2.45, 2.75) is 26.4 Å². The van der Waals surface area contributed by atoms with Crippen LogP contribution in [0.3, 0.4) is 0 Å². The highest BCUT2D eigenvalue weighted by molar-refractivity contribution is 6.09. The molecule has 1 aromatic heterocycles. The van der Waals surface area contributed by atoms with Crippen molar-refractivity contribution in [2.24, 2.45) is 0 Å². The Kier molecular flexibility index (Phi) is 5.23. The normalized spacial score (nSPS) is 16.4. The number of Topliss-reactive ketones (excluding diaryl/α,β-unsaturated/α-hetero) is 1. The number of hydrogen-bond acceptors (Lipinski definition) is 3. The molecule has 1 aliphatic heterocycles. The Morgan fingerprint density at radius 1 is 0.967 bits per heavy atom. The summed E-state index contributed by atoms with van der Waals surface area (Å²) in [5.74, 6) is -0.632. The van der Waals surface area contributed by atoms with Crippen LogP contribution in [-0.4, -0.2) is 39.1 Å². The van der Waals surface area contributed by atoms with Crippen LogP contribution in [0.15, 0.2) is 66.7 Å². The third-order valence-electron chi connectivity index (χ3n) is 5.35. The molecule has 1 aliphatic rings. The Hall–Kier alpha value is -3.67. The van der Waals surface area contributed by atoms with Gasteiger partial charge in [0.05, 0.1) is 6.54 Å². The average molecular weight is 401 g/mol. The summed E-state index contributed by atoms with van der Waals surface area (Å²) in [6.45, 7) is 3.69. The molecule has 0 spiro atoms. The van der Waals surface area contributed by atoms with E-state index in [0.717, 1.165) is 27.4 Å². The zero-order valence-corrected chi connectivity index (χ0v) is 17.0. The van der Waals surface area contributed by atoms with Crippen LogP contribution in [0.25, 0.3) is 0 Å². The predicted molar refractivity (Wildman–Crippen MR) is 113 cm³/mol. The minimum Gasteiger partial charge on any atom is -0.362 e. The lowest BCUT2D eigenvalue weighted by Crippen LogP contribution is -2.37. The van der Waals surface area contributed by atoms with E-state index in [0.29, 0.717) is 5.56 Å². The summed E-state index contributed by atoms with van der Waals surface area (Å²) in [4.78, 5) is 45.1. The van der Waals surface area contributed by atoms with Crippen LogP contribution in [0.4, 0.5) is 4.79 Å². The topological polar surface area (TPSA) is 73.5 Å². The van der Waals surface area contributed by atoms with Gasteiger partial charge >= 0.3 is 6.03 Å². The number of carbonyl (C=O) groups excluding carboxylic acids is 3. The molecule has 1 unspecified atom stereocenters. The number of amides is 3. The highest BCUT2D eigenvalue weighted by Gasteiger charge is 2.46. The van der Waals surface area contributed by atoms with E-state index >= 15 is 0 Å². The first-order valence-corrected chi connectivity index (χ1v) is 9.86. The summed E-state index contributed by atoms with van der Waals surface area (Å²) in [7, 11) is 0. The molecule has 2 heterocycles. The molecule has 1 fully saturated rings. The fourth-order valence-electron chi connectivity index (χ4n) is 3.93. The first kappa shape index (κ1) is 19.6. The van der Waals surface area contributed by atoms with Crippen LogP contribution in [0.2, 0.25) is 0 Å². The third-order valence-corrected chi connectivity index (χ3v) is 5.35. The van der Waals surface area contributed by atoms with Gasteiger partial charge < -0.3 is 9.88 Å². The van der Waals surface area contributed by atoms with E-state index in [-0.39, 0.29) is 24.8 Å². The average Bonchev–Trinajstić information content (AvgIpc) is 3.20. The Morgan fingerprint density at radius 2 is 1.60 bits per heavy atom. The summed E-state index contributed by atoms with van der Waals surface area (Å²) in [6.07, 6.45) is 0. The number of hydrogen-bond donors (Lipinski definition) is 1. The molecule has 1 saturated heterocycles. The molecule has 1 atom stereocenters. The summed E-state index contributed by atoms with van der Waals surface area (Å²) in [5.41, 5.74) is 3.76. The van der Waals surface area contributed by atoms with Gasteiger partial charge in [-0.25, -0.2) is 4.79 Å². The van der Waals surface area contributed by atoms with Gasteiger partial charge in [-0.05, 0) is 31.0 Å². The molecule has 3 aromatic rings. The fraction of sp³-hybridized carbons (Fsp3) is 0.208. The minimum absolute atomic E-state index is 0.257. The number of carbonyl (C=O) groups is 3. The quantitative estimate of drug-likeness (QED) is 0.501. The van der Waals surface area contributed by atoms with E-state index in [1.54, 1.807) is 6.07 Å². The number of aromatic nitrogens is 1. The molecule has 0 bridgehead atoms. The van der Waals surface area contributed by atoms with Gasteiger partial charge in [0.1, 0.15) is 6.04 Å². The second-order valence-electron chi connectivity index (χ2n) is 7.55. The van der Waals surface area contributed by atoms with Gasteiger partial charge in [0.15, 0.2) is 5.78 Å². The smallest absolute Gasteiger partial charge is 0.328 e. The van der Waals surface area contributed by atoms with Crippen molar-refractivity contribution >= 4 is 17.7 Å². The molecule has 3 amide bonds. The maximum atomic E-state index is 13.3. The monoisotopic (exact) mass is 401 g/mol. The number of urea groups is 1. The van der Waals surface area contributed by atoms with E-state index in [1.165, 1.54) is 4.90 Å². The van der Waals surface area contributed by atoms with Crippen LogP contribution in [0.1, 0.15) is 38.9 Å². The van der Waals surface area contributed by atoms with Gasteiger partial charge in [0.25, 0.3) is 5.91 Å². The number of nitrogens with one attached hydrogen (secondary N) is 1. The minimum atomic E-state index is -0.749. The number of benzene rings is 2. The SMILES string of the molecule is Cc1cc(C(=O)CN2C(=O)C(c3ccccc3)N(Cc3ccccc3)C2=O)c(C)[nH]1. The number of aryl methyl sites for hydroxylation is 2. The van der Waals surface area contributed by atoms with E-state index in [2.05, 4.69) is 4.98 Å². The Bertz CT molecular complexity index is 1090. The summed E-state index contributed by atoms with van der Waals surface area (Å²) in [5, 5.41) is 0. The maximum absolute atomic E-state index is 13.3. The van der Waals surface area contributed by atoms with Gasteiger partial charge in [-0.2, -0.15) is 0 Å². The molecule has 152 valence electrons. The van der Waals surface area contributed by atoms with Crippen molar-refractivity contribution in [3.63, 3.8) is 0 Å². The zero-order chi connectivity index (χ0) is 21.3. The Balaban J connectivity index is 1.65. The van der Waals surface area contributed by atoms with E-state index in [1.807, 2.05) is 74.5 Å². The van der Waals surface area contributed by atoms with Crippen LogP contribution < -0.4 is 0 Å². The number of H-pyrrole nitrogens is 1. The van der Waals surface area contributed by atoms with Gasteiger partial charge in [-0.3, -0.25) is 14.5 Å². The van der Waals surface area contributed by atoms with Crippen molar-refractivity contribution < 1.29 is 14.4 Å². The second-order valence-corrected chi connectivity index (χ2v) is 7.55. The molecule has 6 nitrogen and oxygen atoms in total. The highest BCUT2D eigenvalue weighted by Crippen LogP contribution is 2.32. The highest BCUT2D eigenvalue weighted by atomic mass is 16.2. The van der Waals surface area contributed by atoms with Gasteiger partial charge in [0, 0.05) is 23.5 Å². The molecule has 0 radical (unpaired) electrons. The van der Waals surface area contributed by atoms with E-state index < -0.39 is 12.1 Å². The number of aromatic amines is 1. The number of imide groups is 1. The first-order chi connectivity index (χ1) is 14.5. The lowest BCUT2D eigenvalue weighted by molar-refractivity contribution is -0.128. The van der Waals surface area contributed by atoms with Crippen LogP contribution in [-0.2, 0) is 11.3 Å². The fourth-order valence-corrected chi connectivity index (χ4v) is 3.93. The first-order valence-electron chi connectivity index (χ1n) is 9.86. The van der Waals surface area contributed by atoms with E-state index in [4.69, 9.17) is 0 Å². The summed E-state index contributed by atoms with van der Waals surface area (Å²) in [6, 6.07) is 19.3. The van der Waals surface area contributed by atoms with Crippen LogP contribution >= 0.6 is 0 Å². The molecule has 30 heavy (non-hydrogen) atoms. The molecule has 6 heteroatoms. The summed E-state index contributed by atoms with van der Waals surface area (Å²) >= 11 is 0. The van der Waals surface area contributed by atoms with Gasteiger partial charge in [0.2, 0.25) is 0 Å². The largest absolute Gasteiger partial charge is 0.362 e. The second kappa shape index (κ2) is 7.99. The Morgan fingerprint density at radius 3 is 2.20 bits per heavy atom. The number of rotatable bonds is 6. The van der Waals surface area contributed by atoms with Crippen molar-refractivity contribution in [3.05, 3.63) is 94.8 Å². The third kappa shape index (κ3) is 3.64. The Labute approximate surface area is 175 Å². The van der Waals surface area contributed by atoms with Gasteiger partial charge in [-0.15, -0.1) is 0 Å². The molecular formula is C24H23N3O3. The van der Waals surface area contributed by atoms with Gasteiger partial charge in [-0.1, -0.05) is 60.7 Å². The van der Waals surface area contributed by atoms with Crippen molar-refractivity contribution in [1.29, 1.82) is 0 Å². The number of ketones is 1. The summed E-state index contributed by atoms with van der Waals surface area (Å²) < 4.78 is 0. The molecule has 0 aliphatic carbocycles. The standard InChI is InChI=1S/C24H23N3O3/c1-16-13-20(17(2)25-16)21(28)15-27-23(29)22(19-11-7-4-8-12-19)26(24(27)30)14-18-9-5-3-6-10-18/h3-13,22,25H,14-15H2,1-2H3. The van der Waals surface area contributed by atoms with E-state index in [9.17, 15) is 14.4 Å². The molecule has 4 rings (SSSR count). The molecule has 0 saturated carbocycles. The lowest BCUT2D eigenvalue weighted by Gasteiger charge is -2.22. The zero-order valence-electron chi connectivity index (χ0n) is 17.0. The molecular weight excluding hydrogens is 378 g/mol. The van der Waals surface area contributed by atoms with Crippen LogP contribution in [0, 0.1) is 13.8 Å². The van der Waals surface area contributed by atoms with Crippen molar-refractivity contribution in [3.8, 4) is 0 Å². The van der Waals surface area contributed by atoms with Crippen molar-refractivity contribution in [2.75, 3.05) is 6.54 Å². The number of nitrogens with zero attached hydrogens (tertiary/aromatic N) is 2. The maximum Gasteiger partial charge on any atom is 0.328 e. The van der Waals surface area contributed by atoms with Crippen molar-refractivity contribution in [1.82, 2.24) is 14.8 Å². The predicted octanol–water partition coefficient (Wildman–Crippen LogP) is 4.02. The van der Waals surface area contributed by atoms with Crippen LogP contribution in [0.5, 0.6) is 0 Å².